The lowest BCUT2D eigenvalue weighted by Gasteiger charge is -2.43. The molecule has 2 saturated heterocycles. The van der Waals surface area contributed by atoms with Crippen LogP contribution in [-0.2, 0) is 4.79 Å². The summed E-state index contributed by atoms with van der Waals surface area (Å²) < 4.78 is 0. The Labute approximate surface area is 71.7 Å². The smallest absolute Gasteiger partial charge is 0.237 e. The van der Waals surface area contributed by atoms with Crippen molar-refractivity contribution in [2.75, 3.05) is 6.54 Å². The molecule has 2 heterocycles. The van der Waals surface area contributed by atoms with Crippen molar-refractivity contribution in [1.82, 2.24) is 5.32 Å². The van der Waals surface area contributed by atoms with E-state index in [0.717, 1.165) is 13.0 Å². The molecule has 68 valence electrons. The van der Waals surface area contributed by atoms with Gasteiger partial charge in [0.2, 0.25) is 5.91 Å². The molecule has 5 N–H and O–H groups in total. The number of nitrogens with two attached hydrogens (primary N) is 2. The number of nitrogens with one attached hydrogen (secondary N) is 1. The van der Waals surface area contributed by atoms with Crippen LogP contribution in [0.4, 0.5) is 0 Å². The zero-order chi connectivity index (χ0) is 8.93. The highest BCUT2D eigenvalue weighted by Gasteiger charge is 2.55. The van der Waals surface area contributed by atoms with Gasteiger partial charge in [0.1, 0.15) is 0 Å². The van der Waals surface area contributed by atoms with Gasteiger partial charge in [0, 0.05) is 12.0 Å². The maximum Gasteiger partial charge on any atom is 0.237 e. The number of hydrogen-bond donors (Lipinski definition) is 3. The van der Waals surface area contributed by atoms with Crippen LogP contribution in [0.5, 0.6) is 0 Å². The van der Waals surface area contributed by atoms with Crippen LogP contribution < -0.4 is 16.8 Å². The lowest BCUT2D eigenvalue weighted by atomic mass is 9.64. The SMILES string of the molecule is CC(N)(C(N)=O)C1C2CNC1C2. The molecular formula is C8H15N3O. The van der Waals surface area contributed by atoms with E-state index in [4.69, 9.17) is 11.5 Å². The Hall–Kier alpha value is -0.610. The van der Waals surface area contributed by atoms with E-state index in [1.54, 1.807) is 6.92 Å². The Balaban J connectivity index is 2.15. The fraction of sp³-hybridized carbons (Fsp3) is 0.875. The van der Waals surface area contributed by atoms with Gasteiger partial charge >= 0.3 is 0 Å². The summed E-state index contributed by atoms with van der Waals surface area (Å²) in [5.74, 6) is 0.443. The van der Waals surface area contributed by atoms with Gasteiger partial charge in [-0.25, -0.2) is 0 Å². The minimum absolute atomic E-state index is 0.259. The van der Waals surface area contributed by atoms with E-state index in [1.165, 1.54) is 0 Å². The molecule has 2 aliphatic heterocycles. The van der Waals surface area contributed by atoms with E-state index in [-0.39, 0.29) is 11.8 Å². The van der Waals surface area contributed by atoms with Gasteiger partial charge in [-0.2, -0.15) is 0 Å². The number of rotatable bonds is 2. The molecule has 0 aromatic carbocycles. The van der Waals surface area contributed by atoms with Gasteiger partial charge in [-0.1, -0.05) is 0 Å². The largest absolute Gasteiger partial charge is 0.368 e. The zero-order valence-corrected chi connectivity index (χ0v) is 7.21. The molecule has 3 rings (SSSR count). The van der Waals surface area contributed by atoms with Crippen molar-refractivity contribution in [3.05, 3.63) is 0 Å². The number of primary amides is 1. The third-order valence-corrected chi connectivity index (χ3v) is 3.36. The molecule has 3 fully saturated rings. The Kier molecular flexibility index (Phi) is 1.47. The molecule has 4 nitrogen and oxygen atoms in total. The minimum atomic E-state index is -0.822. The first-order valence-corrected chi connectivity index (χ1v) is 4.35. The van der Waals surface area contributed by atoms with Crippen LogP contribution in [0.15, 0.2) is 0 Å². The van der Waals surface area contributed by atoms with Crippen LogP contribution in [0.3, 0.4) is 0 Å². The van der Waals surface area contributed by atoms with Crippen molar-refractivity contribution in [3.63, 3.8) is 0 Å². The van der Waals surface area contributed by atoms with Crippen molar-refractivity contribution >= 4 is 5.91 Å². The van der Waals surface area contributed by atoms with Crippen molar-refractivity contribution in [1.29, 1.82) is 0 Å². The van der Waals surface area contributed by atoms with Crippen LogP contribution in [0.1, 0.15) is 13.3 Å². The van der Waals surface area contributed by atoms with Crippen LogP contribution in [-0.4, -0.2) is 24.0 Å². The summed E-state index contributed by atoms with van der Waals surface area (Å²) in [6.45, 7) is 2.74. The van der Waals surface area contributed by atoms with Gasteiger partial charge in [0.05, 0.1) is 5.54 Å². The number of hydrogen-bond acceptors (Lipinski definition) is 3. The fourth-order valence-electron chi connectivity index (χ4n) is 2.55. The molecule has 1 amide bonds. The third kappa shape index (κ3) is 0.820. The molecule has 4 unspecified atom stereocenters. The average molecular weight is 169 g/mol. The summed E-state index contributed by atoms with van der Waals surface area (Å²) in [5, 5.41) is 3.32. The summed E-state index contributed by atoms with van der Waals surface area (Å²) in [7, 11) is 0. The van der Waals surface area contributed by atoms with Crippen molar-refractivity contribution in [3.8, 4) is 0 Å². The molecule has 3 aliphatic rings. The molecule has 4 atom stereocenters. The summed E-state index contributed by atoms with van der Waals surface area (Å²) in [6.07, 6.45) is 1.16. The van der Waals surface area contributed by atoms with E-state index < -0.39 is 5.54 Å². The van der Waals surface area contributed by atoms with E-state index >= 15 is 0 Å². The molecular weight excluding hydrogens is 154 g/mol. The monoisotopic (exact) mass is 169 g/mol. The predicted molar refractivity (Wildman–Crippen MR) is 45.2 cm³/mol. The van der Waals surface area contributed by atoms with Crippen molar-refractivity contribution < 1.29 is 4.79 Å². The van der Waals surface area contributed by atoms with Crippen molar-refractivity contribution in [2.45, 2.75) is 24.9 Å². The number of carbonyl (C=O) groups is 1. The molecule has 0 aromatic heterocycles. The Morgan fingerprint density at radius 2 is 2.33 bits per heavy atom. The Morgan fingerprint density at radius 1 is 1.67 bits per heavy atom. The van der Waals surface area contributed by atoms with Crippen LogP contribution in [0.25, 0.3) is 0 Å². The van der Waals surface area contributed by atoms with Gasteiger partial charge in [-0.3, -0.25) is 4.79 Å². The molecule has 1 aliphatic carbocycles. The molecule has 12 heavy (non-hydrogen) atoms. The normalized spacial score (nSPS) is 43.3. The van der Waals surface area contributed by atoms with E-state index in [9.17, 15) is 4.79 Å². The Bertz CT molecular complexity index is 212. The van der Waals surface area contributed by atoms with Gasteiger partial charge in [0.15, 0.2) is 0 Å². The Morgan fingerprint density at radius 3 is 2.67 bits per heavy atom. The molecule has 1 saturated carbocycles. The number of amides is 1. The second-order valence-electron chi connectivity index (χ2n) is 4.18. The minimum Gasteiger partial charge on any atom is -0.368 e. The summed E-state index contributed by atoms with van der Waals surface area (Å²) in [4.78, 5) is 11.0. The summed E-state index contributed by atoms with van der Waals surface area (Å²) >= 11 is 0. The molecule has 0 spiro atoms. The first-order valence-electron chi connectivity index (χ1n) is 4.35. The van der Waals surface area contributed by atoms with Crippen LogP contribution in [0, 0.1) is 11.8 Å². The molecule has 4 heteroatoms. The summed E-state index contributed by atoms with van der Waals surface area (Å²) in [5.41, 5.74) is 10.3. The quantitative estimate of drug-likeness (QED) is 0.485. The number of carbonyl (C=O) groups excluding carboxylic acids is 1. The highest BCUT2D eigenvalue weighted by Crippen LogP contribution is 2.45. The summed E-state index contributed by atoms with van der Waals surface area (Å²) in [6, 6.07) is 0.428. The van der Waals surface area contributed by atoms with Gasteiger partial charge < -0.3 is 16.8 Å². The molecule has 0 aromatic rings. The average Bonchev–Trinajstić information content (AvgIpc) is 2.41. The maximum absolute atomic E-state index is 11.0. The van der Waals surface area contributed by atoms with Crippen LogP contribution in [0.2, 0.25) is 0 Å². The standard InChI is InChI=1S/C8H15N3O/c1-8(10,7(9)12)6-4-2-5(6)11-3-4/h4-6,11H,2-3,10H2,1H3,(H2,9,12). The van der Waals surface area contributed by atoms with E-state index in [1.807, 2.05) is 0 Å². The van der Waals surface area contributed by atoms with E-state index in [2.05, 4.69) is 5.32 Å². The van der Waals surface area contributed by atoms with Gasteiger partial charge in [-0.05, 0) is 25.8 Å². The topological polar surface area (TPSA) is 81.1 Å². The first kappa shape index (κ1) is 8.01. The number of fused-ring (bicyclic) bond motifs is 1. The van der Waals surface area contributed by atoms with Crippen molar-refractivity contribution in [2.24, 2.45) is 23.3 Å². The highest BCUT2D eigenvalue weighted by atomic mass is 16.1. The van der Waals surface area contributed by atoms with Gasteiger partial charge in [0.25, 0.3) is 0 Å². The highest BCUT2D eigenvalue weighted by molar-refractivity contribution is 5.84. The lowest BCUT2D eigenvalue weighted by Crippen LogP contribution is -2.63. The second-order valence-corrected chi connectivity index (χ2v) is 4.18. The van der Waals surface area contributed by atoms with Crippen LogP contribution >= 0.6 is 0 Å². The van der Waals surface area contributed by atoms with Gasteiger partial charge in [-0.15, -0.1) is 0 Å². The maximum atomic E-state index is 11.0. The predicted octanol–water partition coefficient (Wildman–Crippen LogP) is -1.20. The lowest BCUT2D eigenvalue weighted by molar-refractivity contribution is -0.126. The fourth-order valence-corrected chi connectivity index (χ4v) is 2.55. The molecule has 2 bridgehead atoms. The third-order valence-electron chi connectivity index (χ3n) is 3.36. The molecule has 0 radical (unpaired) electrons. The zero-order valence-electron chi connectivity index (χ0n) is 7.21. The first-order chi connectivity index (χ1) is 5.53. The van der Waals surface area contributed by atoms with E-state index in [0.29, 0.717) is 12.0 Å². The second kappa shape index (κ2) is 2.20.